The number of fused-ring (bicyclic) bond motifs is 1. The van der Waals surface area contributed by atoms with Crippen molar-refractivity contribution in [2.24, 2.45) is 0 Å². The molecule has 9 nitrogen and oxygen atoms in total. The van der Waals surface area contributed by atoms with Crippen LogP contribution in [0.25, 0.3) is 10.1 Å². The molecule has 0 atom stereocenters. The van der Waals surface area contributed by atoms with Crippen LogP contribution >= 0.6 is 22.9 Å². The second-order valence-corrected chi connectivity index (χ2v) is 13.4. The fourth-order valence-electron chi connectivity index (χ4n) is 4.08. The molecule has 0 aliphatic heterocycles. The van der Waals surface area contributed by atoms with E-state index in [1.54, 1.807) is 44.2 Å². The van der Waals surface area contributed by atoms with E-state index in [0.717, 1.165) is 26.8 Å². The summed E-state index contributed by atoms with van der Waals surface area (Å²) in [5, 5.41) is 16.4. The van der Waals surface area contributed by atoms with Crippen LogP contribution < -0.4 is 15.4 Å². The van der Waals surface area contributed by atoms with Crippen molar-refractivity contribution >= 4 is 54.9 Å². The Kier molecular flexibility index (Phi) is 11.6. The molecule has 12 heteroatoms. The Labute approximate surface area is 243 Å². The molecule has 3 aromatic rings. The van der Waals surface area contributed by atoms with E-state index in [0.29, 0.717) is 47.5 Å². The molecule has 0 radical (unpaired) electrons. The number of carbonyl (C=O) groups excluding carboxylic acids is 1. The van der Waals surface area contributed by atoms with Gasteiger partial charge in [-0.15, -0.1) is 11.3 Å². The Morgan fingerprint density at radius 3 is 2.60 bits per heavy atom. The summed E-state index contributed by atoms with van der Waals surface area (Å²) in [4.78, 5) is 22.9. The molecule has 1 amide bonds. The lowest BCUT2D eigenvalue weighted by atomic mass is 10.0. The van der Waals surface area contributed by atoms with Gasteiger partial charge in [0.1, 0.15) is 16.6 Å². The highest BCUT2D eigenvalue weighted by molar-refractivity contribution is 7.93. The molecule has 0 saturated carbocycles. The second kappa shape index (κ2) is 14.7. The number of carboxylic acid groups (broad SMARTS) is 1. The Balaban J connectivity index is 1.47. The lowest BCUT2D eigenvalue weighted by Crippen LogP contribution is -2.27. The number of carbonyl (C=O) groups is 2. The average molecular weight is 611 g/mol. The zero-order valence-corrected chi connectivity index (χ0v) is 25.2. The van der Waals surface area contributed by atoms with Crippen molar-refractivity contribution in [3.8, 4) is 5.75 Å². The van der Waals surface area contributed by atoms with Gasteiger partial charge in [0.05, 0.1) is 11.9 Å². The Bertz CT molecular complexity index is 1440. The monoisotopic (exact) mass is 610 g/mol. The zero-order valence-electron chi connectivity index (χ0n) is 22.8. The van der Waals surface area contributed by atoms with Crippen LogP contribution in [0.3, 0.4) is 0 Å². The molecule has 1 heterocycles. The van der Waals surface area contributed by atoms with Crippen molar-refractivity contribution in [1.29, 1.82) is 0 Å². The molecule has 218 valence electrons. The normalized spacial score (nSPS) is 11.6. The van der Waals surface area contributed by atoms with E-state index >= 15 is 0 Å². The predicted octanol–water partition coefficient (Wildman–Crippen LogP) is 5.35. The molecule has 0 spiro atoms. The maximum atomic E-state index is 12.9. The summed E-state index contributed by atoms with van der Waals surface area (Å²) >= 11 is 7.35. The molecule has 3 rings (SSSR count). The van der Waals surface area contributed by atoms with E-state index in [4.69, 9.17) is 26.2 Å². The topological polar surface area (TPSA) is 131 Å². The molecule has 0 aliphatic rings. The van der Waals surface area contributed by atoms with Crippen LogP contribution in [0.1, 0.15) is 43.4 Å². The molecule has 3 N–H and O–H groups in total. The van der Waals surface area contributed by atoms with E-state index in [1.807, 2.05) is 13.0 Å². The Morgan fingerprint density at radius 1 is 1.10 bits per heavy atom. The highest BCUT2D eigenvalue weighted by Crippen LogP contribution is 2.36. The van der Waals surface area contributed by atoms with Crippen LogP contribution in [0, 0.1) is 6.92 Å². The Hall–Kier alpha value is -2.86. The summed E-state index contributed by atoms with van der Waals surface area (Å²) in [7, 11) is -3.41. The van der Waals surface area contributed by atoms with Gasteiger partial charge in [-0.2, -0.15) is 0 Å². The number of aryl methyl sites for hydroxylation is 2. The number of carboxylic acids is 1. The summed E-state index contributed by atoms with van der Waals surface area (Å²) in [5.74, 6) is -0.283. The minimum Gasteiger partial charge on any atom is -0.492 e. The second-order valence-electron chi connectivity index (χ2n) is 9.56. The van der Waals surface area contributed by atoms with Gasteiger partial charge in [0.25, 0.3) is 0 Å². The number of hydrogen-bond donors (Lipinski definition) is 3. The van der Waals surface area contributed by atoms with Crippen LogP contribution in [0.2, 0.25) is 5.02 Å². The summed E-state index contributed by atoms with van der Waals surface area (Å²) in [5.41, 5.74) is 2.29. The van der Waals surface area contributed by atoms with Crippen LogP contribution in [-0.2, 0) is 32.3 Å². The number of ether oxygens (including phenoxy) is 2. The number of sulfone groups is 1. The van der Waals surface area contributed by atoms with Gasteiger partial charge in [0.2, 0.25) is 0 Å². The number of halogens is 1. The SMILES string of the molecule is Cc1c(S(=O)(=O)CCCNCCOc2ccc(CCC(=O)O)c(CNC(=O)OC(C)C)c2)sc2ccc(Cl)cc12. The van der Waals surface area contributed by atoms with Gasteiger partial charge in [-0.1, -0.05) is 17.7 Å². The molecule has 2 aromatic carbocycles. The molecule has 0 fully saturated rings. The smallest absolute Gasteiger partial charge is 0.407 e. The zero-order chi connectivity index (χ0) is 29.3. The number of aliphatic carboxylic acids is 1. The van der Waals surface area contributed by atoms with Gasteiger partial charge in [-0.25, -0.2) is 13.2 Å². The number of thiophene rings is 1. The third-order valence-electron chi connectivity index (χ3n) is 6.00. The number of nitrogens with one attached hydrogen (secondary N) is 2. The van der Waals surface area contributed by atoms with Crippen molar-refractivity contribution in [1.82, 2.24) is 10.6 Å². The first-order valence-electron chi connectivity index (χ1n) is 13.0. The first kappa shape index (κ1) is 31.7. The number of alkyl carbamates (subject to hydrolysis) is 1. The summed E-state index contributed by atoms with van der Waals surface area (Å²) in [6.45, 7) is 6.87. The van der Waals surface area contributed by atoms with Crippen molar-refractivity contribution in [2.45, 2.75) is 56.9 Å². The van der Waals surface area contributed by atoms with Gasteiger partial charge >= 0.3 is 12.1 Å². The molecule has 0 aliphatic carbocycles. The lowest BCUT2D eigenvalue weighted by molar-refractivity contribution is -0.136. The minimum absolute atomic E-state index is 0.0277. The maximum Gasteiger partial charge on any atom is 0.407 e. The van der Waals surface area contributed by atoms with Gasteiger partial charge in [-0.3, -0.25) is 4.79 Å². The maximum absolute atomic E-state index is 12.9. The third kappa shape index (κ3) is 9.36. The number of hydrogen-bond acceptors (Lipinski definition) is 8. The molecule has 40 heavy (non-hydrogen) atoms. The Morgan fingerprint density at radius 2 is 1.88 bits per heavy atom. The van der Waals surface area contributed by atoms with E-state index < -0.39 is 21.9 Å². The van der Waals surface area contributed by atoms with E-state index in [-0.39, 0.29) is 24.8 Å². The van der Waals surface area contributed by atoms with E-state index in [2.05, 4.69) is 10.6 Å². The van der Waals surface area contributed by atoms with Gasteiger partial charge < -0.3 is 25.2 Å². The van der Waals surface area contributed by atoms with Crippen LogP contribution in [0.5, 0.6) is 5.75 Å². The van der Waals surface area contributed by atoms with Crippen LogP contribution in [0.15, 0.2) is 40.6 Å². The summed E-state index contributed by atoms with van der Waals surface area (Å²) in [6, 6.07) is 10.7. The van der Waals surface area contributed by atoms with Crippen molar-refractivity contribution in [3.05, 3.63) is 58.1 Å². The summed E-state index contributed by atoms with van der Waals surface area (Å²) in [6.07, 6.45) is -0.0559. The molecule has 0 saturated heterocycles. The quantitative estimate of drug-likeness (QED) is 0.196. The largest absolute Gasteiger partial charge is 0.492 e. The van der Waals surface area contributed by atoms with Crippen molar-refractivity contribution in [2.75, 3.05) is 25.4 Å². The average Bonchev–Trinajstić information content (AvgIpc) is 3.22. The van der Waals surface area contributed by atoms with Gasteiger partial charge in [0.15, 0.2) is 9.84 Å². The van der Waals surface area contributed by atoms with Crippen LogP contribution in [-0.4, -0.2) is 57.1 Å². The minimum atomic E-state index is -3.41. The van der Waals surface area contributed by atoms with Crippen molar-refractivity contribution < 1.29 is 32.6 Å². The first-order chi connectivity index (χ1) is 19.0. The first-order valence-corrected chi connectivity index (χ1v) is 15.8. The van der Waals surface area contributed by atoms with E-state index in [9.17, 15) is 18.0 Å². The fraction of sp³-hybridized carbons (Fsp3) is 0.429. The van der Waals surface area contributed by atoms with Gasteiger partial charge in [0, 0.05) is 29.2 Å². The molecular weight excluding hydrogens is 576 g/mol. The highest BCUT2D eigenvalue weighted by Gasteiger charge is 2.21. The lowest BCUT2D eigenvalue weighted by Gasteiger charge is -2.14. The van der Waals surface area contributed by atoms with Crippen molar-refractivity contribution in [3.63, 3.8) is 0 Å². The van der Waals surface area contributed by atoms with Crippen LogP contribution in [0.4, 0.5) is 4.79 Å². The number of benzene rings is 2. The molecule has 1 aromatic heterocycles. The molecule has 0 unspecified atom stereocenters. The fourth-order valence-corrected chi connectivity index (χ4v) is 7.48. The molecule has 0 bridgehead atoms. The number of amides is 1. The molecular formula is C28H35ClN2O7S2. The third-order valence-corrected chi connectivity index (χ3v) is 10.0. The van der Waals surface area contributed by atoms with Gasteiger partial charge in [-0.05, 0) is 92.6 Å². The number of rotatable bonds is 15. The highest BCUT2D eigenvalue weighted by atomic mass is 35.5. The van der Waals surface area contributed by atoms with E-state index in [1.165, 1.54) is 11.3 Å². The predicted molar refractivity (Wildman–Crippen MR) is 157 cm³/mol. The standard InChI is InChI=1S/C28H35ClN2O7S2/c1-18(2)38-28(34)31-17-21-15-23(8-5-20(21)6-10-26(32)33)37-13-12-30-11-4-14-40(35,36)27-19(3)24-16-22(29)7-9-25(24)39-27/h5,7-9,15-16,18,30H,4,6,10-14,17H2,1-3H3,(H,31,34)(H,32,33). The summed E-state index contributed by atoms with van der Waals surface area (Å²) < 4.78 is 38.1.